The van der Waals surface area contributed by atoms with Gasteiger partial charge in [0.05, 0.1) is 17.9 Å². The highest BCUT2D eigenvalue weighted by atomic mass is 32.1. The average molecular weight is 396 g/mol. The summed E-state index contributed by atoms with van der Waals surface area (Å²) >= 11 is 1.60. The number of aromatic nitrogens is 2. The van der Waals surface area contributed by atoms with Gasteiger partial charge in [-0.3, -0.25) is 14.2 Å². The van der Waals surface area contributed by atoms with E-state index in [4.69, 9.17) is 0 Å². The van der Waals surface area contributed by atoms with Crippen molar-refractivity contribution in [3.63, 3.8) is 0 Å². The Labute approximate surface area is 165 Å². The number of phenolic OH excluding ortho intramolecular Hbond substituents is 1. The largest absolute Gasteiger partial charge is 0.508 e. The third-order valence-electron chi connectivity index (χ3n) is 4.80. The number of phenols is 1. The van der Waals surface area contributed by atoms with E-state index in [0.29, 0.717) is 5.39 Å². The van der Waals surface area contributed by atoms with Gasteiger partial charge in [0.2, 0.25) is 0 Å². The minimum Gasteiger partial charge on any atom is -0.508 e. The molecule has 2 aromatic heterocycles. The molecule has 1 aliphatic rings. The van der Waals surface area contributed by atoms with E-state index in [-0.39, 0.29) is 17.9 Å². The third-order valence-corrected chi connectivity index (χ3v) is 6.00. The van der Waals surface area contributed by atoms with Crippen LogP contribution in [-0.4, -0.2) is 26.8 Å². The number of nitrogens with zero attached hydrogens (tertiary/aromatic N) is 3. The summed E-state index contributed by atoms with van der Waals surface area (Å²) in [6.07, 6.45) is 8.22. The van der Waals surface area contributed by atoms with Crippen molar-refractivity contribution in [2.24, 2.45) is 5.10 Å². The van der Waals surface area contributed by atoms with Crippen molar-refractivity contribution in [1.82, 2.24) is 15.0 Å². The molecule has 0 unspecified atom stereocenters. The molecule has 1 amide bonds. The second-order valence-corrected chi connectivity index (χ2v) is 7.89. The summed E-state index contributed by atoms with van der Waals surface area (Å²) < 4.78 is 1.34. The van der Waals surface area contributed by atoms with E-state index < -0.39 is 5.91 Å². The van der Waals surface area contributed by atoms with Gasteiger partial charge in [-0.2, -0.15) is 5.10 Å². The number of rotatable bonds is 4. The number of aryl methyl sites for hydroxylation is 2. The molecule has 0 atom stereocenters. The number of hydrazone groups is 1. The molecule has 3 aromatic rings. The SMILES string of the molecule is O=C(Cn1cnc2sc3c(c2c1=O)CCCCC3)N/N=C/c1ccc(O)cc1. The fourth-order valence-corrected chi connectivity index (χ4v) is 4.62. The molecule has 1 aromatic carbocycles. The van der Waals surface area contributed by atoms with Crippen molar-refractivity contribution in [1.29, 1.82) is 0 Å². The first-order valence-electron chi connectivity index (χ1n) is 9.22. The molecule has 0 spiro atoms. The number of carbonyl (C=O) groups is 1. The Balaban J connectivity index is 1.50. The standard InChI is InChI=1S/C20H20N4O3S/c25-14-8-6-13(7-9-14)10-22-23-17(26)11-24-12-21-19-18(20(24)27)15-4-2-1-3-5-16(15)28-19/h6-10,12,25H,1-5,11H2,(H,23,26)/b22-10+. The van der Waals surface area contributed by atoms with Crippen LogP contribution in [-0.2, 0) is 24.2 Å². The van der Waals surface area contributed by atoms with Gasteiger partial charge in [-0.25, -0.2) is 10.4 Å². The van der Waals surface area contributed by atoms with Crippen LogP contribution in [0.15, 0.2) is 40.5 Å². The van der Waals surface area contributed by atoms with Gasteiger partial charge in [0.25, 0.3) is 11.5 Å². The summed E-state index contributed by atoms with van der Waals surface area (Å²) in [5.74, 6) is -0.241. The Morgan fingerprint density at radius 3 is 2.86 bits per heavy atom. The first-order chi connectivity index (χ1) is 13.6. The van der Waals surface area contributed by atoms with Crippen molar-refractivity contribution in [3.8, 4) is 5.75 Å². The van der Waals surface area contributed by atoms with E-state index in [1.165, 1.54) is 40.5 Å². The molecular formula is C20H20N4O3S. The summed E-state index contributed by atoms with van der Waals surface area (Å²) in [7, 11) is 0. The lowest BCUT2D eigenvalue weighted by atomic mass is 10.1. The Kier molecular flexibility index (Phi) is 5.21. The van der Waals surface area contributed by atoms with Crippen LogP contribution in [0.4, 0.5) is 0 Å². The Morgan fingerprint density at radius 1 is 1.25 bits per heavy atom. The van der Waals surface area contributed by atoms with E-state index >= 15 is 0 Å². The normalized spacial score (nSPS) is 14.1. The lowest BCUT2D eigenvalue weighted by Gasteiger charge is -2.05. The lowest BCUT2D eigenvalue weighted by molar-refractivity contribution is -0.121. The van der Waals surface area contributed by atoms with E-state index in [1.807, 2.05) is 0 Å². The molecule has 0 radical (unpaired) electrons. The van der Waals surface area contributed by atoms with Crippen LogP contribution >= 0.6 is 11.3 Å². The molecule has 4 rings (SSSR count). The Morgan fingerprint density at radius 2 is 2.04 bits per heavy atom. The molecule has 2 N–H and O–H groups in total. The van der Waals surface area contributed by atoms with Crippen molar-refractivity contribution >= 4 is 33.7 Å². The van der Waals surface area contributed by atoms with Crippen molar-refractivity contribution in [2.75, 3.05) is 0 Å². The van der Waals surface area contributed by atoms with E-state index in [9.17, 15) is 14.7 Å². The molecule has 0 saturated carbocycles. The summed E-state index contributed by atoms with van der Waals surface area (Å²) in [6, 6.07) is 6.42. The fourth-order valence-electron chi connectivity index (χ4n) is 3.40. The number of benzene rings is 1. The van der Waals surface area contributed by atoms with Gasteiger partial charge >= 0.3 is 0 Å². The van der Waals surface area contributed by atoms with E-state index in [1.54, 1.807) is 23.5 Å². The molecular weight excluding hydrogens is 376 g/mol. The monoisotopic (exact) mass is 396 g/mol. The quantitative estimate of drug-likeness (QED) is 0.402. The molecule has 0 saturated heterocycles. The van der Waals surface area contributed by atoms with Gasteiger partial charge in [-0.15, -0.1) is 11.3 Å². The minimum atomic E-state index is -0.403. The second-order valence-electron chi connectivity index (χ2n) is 6.81. The number of hydrogen-bond acceptors (Lipinski definition) is 6. The van der Waals surface area contributed by atoms with Crippen LogP contribution in [0, 0.1) is 0 Å². The number of carbonyl (C=O) groups excluding carboxylic acids is 1. The lowest BCUT2D eigenvalue weighted by Crippen LogP contribution is -2.30. The van der Waals surface area contributed by atoms with Gasteiger partial charge in [0.15, 0.2) is 0 Å². The van der Waals surface area contributed by atoms with Crippen LogP contribution in [0.25, 0.3) is 10.2 Å². The van der Waals surface area contributed by atoms with Gasteiger partial charge < -0.3 is 5.11 Å². The average Bonchev–Trinajstić information content (AvgIpc) is 2.88. The van der Waals surface area contributed by atoms with Crippen molar-refractivity contribution in [3.05, 3.63) is 57.0 Å². The Hall–Kier alpha value is -3.00. The number of aromatic hydroxyl groups is 1. The molecule has 8 heteroatoms. The number of amides is 1. The number of fused-ring (bicyclic) bond motifs is 3. The van der Waals surface area contributed by atoms with Gasteiger partial charge in [0.1, 0.15) is 17.1 Å². The van der Waals surface area contributed by atoms with Crippen LogP contribution in [0.2, 0.25) is 0 Å². The summed E-state index contributed by atoms with van der Waals surface area (Å²) in [4.78, 5) is 31.5. The zero-order valence-corrected chi connectivity index (χ0v) is 16.0. The zero-order valence-electron chi connectivity index (χ0n) is 15.2. The topological polar surface area (TPSA) is 96.6 Å². The molecule has 7 nitrogen and oxygen atoms in total. The molecule has 2 heterocycles. The molecule has 0 fully saturated rings. The minimum absolute atomic E-state index is 0.140. The predicted molar refractivity (Wildman–Crippen MR) is 109 cm³/mol. The van der Waals surface area contributed by atoms with Gasteiger partial charge in [0, 0.05) is 4.88 Å². The van der Waals surface area contributed by atoms with Crippen LogP contribution in [0.1, 0.15) is 35.3 Å². The summed E-state index contributed by atoms with van der Waals surface area (Å²) in [5, 5.41) is 13.8. The van der Waals surface area contributed by atoms with Crippen LogP contribution < -0.4 is 11.0 Å². The summed E-state index contributed by atoms with van der Waals surface area (Å²) in [6.45, 7) is -0.140. The fraction of sp³-hybridized carbons (Fsp3) is 0.300. The molecule has 144 valence electrons. The highest BCUT2D eigenvalue weighted by Gasteiger charge is 2.19. The highest BCUT2D eigenvalue weighted by Crippen LogP contribution is 2.32. The van der Waals surface area contributed by atoms with Gasteiger partial charge in [-0.05, 0) is 61.1 Å². The van der Waals surface area contributed by atoms with E-state index in [2.05, 4.69) is 15.5 Å². The smallest absolute Gasteiger partial charge is 0.262 e. The van der Waals surface area contributed by atoms with Gasteiger partial charge in [-0.1, -0.05) is 6.42 Å². The maximum absolute atomic E-state index is 12.9. The number of thiophene rings is 1. The summed E-state index contributed by atoms with van der Waals surface area (Å²) in [5.41, 5.74) is 4.11. The second kappa shape index (κ2) is 7.93. The maximum Gasteiger partial charge on any atom is 0.262 e. The van der Waals surface area contributed by atoms with Crippen molar-refractivity contribution < 1.29 is 9.90 Å². The van der Waals surface area contributed by atoms with Crippen LogP contribution in [0.3, 0.4) is 0 Å². The highest BCUT2D eigenvalue weighted by molar-refractivity contribution is 7.18. The van der Waals surface area contributed by atoms with E-state index in [0.717, 1.165) is 41.6 Å². The molecule has 0 bridgehead atoms. The predicted octanol–water partition coefficient (Wildman–Crippen LogP) is 2.58. The third kappa shape index (κ3) is 3.82. The maximum atomic E-state index is 12.9. The molecule has 0 aliphatic heterocycles. The zero-order chi connectivity index (χ0) is 19.5. The molecule has 1 aliphatic carbocycles. The first-order valence-corrected chi connectivity index (χ1v) is 10.0. The first kappa shape index (κ1) is 18.4. The van der Waals surface area contributed by atoms with Crippen molar-refractivity contribution in [2.45, 2.75) is 38.6 Å². The Bertz CT molecular complexity index is 1100. The number of nitrogens with one attached hydrogen (secondary N) is 1. The van der Waals surface area contributed by atoms with Crippen LogP contribution in [0.5, 0.6) is 5.75 Å². The number of hydrogen-bond donors (Lipinski definition) is 2. The molecule has 28 heavy (non-hydrogen) atoms.